The zero-order chi connectivity index (χ0) is 18.0. The number of amides is 1. The predicted octanol–water partition coefficient (Wildman–Crippen LogP) is 4.46. The second-order valence-electron chi connectivity index (χ2n) is 6.54. The maximum absolute atomic E-state index is 12.9. The van der Waals surface area contributed by atoms with Gasteiger partial charge in [0.05, 0.1) is 18.7 Å². The summed E-state index contributed by atoms with van der Waals surface area (Å²) in [7, 11) is 1.64. The number of carbonyl (C=O) groups excluding carboxylic acids is 1. The Morgan fingerprint density at radius 2 is 1.92 bits per heavy atom. The highest BCUT2D eigenvalue weighted by molar-refractivity contribution is 5.97. The summed E-state index contributed by atoms with van der Waals surface area (Å²) in [6.45, 7) is 6.23. The molecule has 1 aliphatic rings. The van der Waals surface area contributed by atoms with Gasteiger partial charge in [0, 0.05) is 11.5 Å². The Labute approximate surface area is 149 Å². The van der Waals surface area contributed by atoms with Gasteiger partial charge >= 0.3 is 0 Å². The van der Waals surface area contributed by atoms with Gasteiger partial charge in [-0.1, -0.05) is 38.1 Å². The first-order valence-electron chi connectivity index (χ1n) is 8.79. The summed E-state index contributed by atoms with van der Waals surface area (Å²) in [6.07, 6.45) is 0.897. The summed E-state index contributed by atoms with van der Waals surface area (Å²) in [5, 5.41) is 3.14. The van der Waals surface area contributed by atoms with Crippen molar-refractivity contribution in [3.8, 4) is 11.5 Å². The average molecular weight is 339 g/mol. The van der Waals surface area contributed by atoms with Crippen molar-refractivity contribution < 1.29 is 14.3 Å². The summed E-state index contributed by atoms with van der Waals surface area (Å²) in [5.74, 6) is 1.74. The van der Waals surface area contributed by atoms with E-state index in [9.17, 15) is 4.79 Å². The van der Waals surface area contributed by atoms with E-state index in [0.717, 1.165) is 29.0 Å². The fraction of sp³-hybridized carbons (Fsp3) is 0.381. The molecule has 0 spiro atoms. The minimum Gasteiger partial charge on any atom is -0.497 e. The molecule has 1 heterocycles. The minimum atomic E-state index is -0.0965. The monoisotopic (exact) mass is 339 g/mol. The summed E-state index contributed by atoms with van der Waals surface area (Å²) >= 11 is 0. The molecule has 4 nitrogen and oxygen atoms in total. The number of para-hydroxylation sites is 1. The van der Waals surface area contributed by atoms with Gasteiger partial charge in [-0.2, -0.15) is 0 Å². The maximum atomic E-state index is 12.9. The lowest BCUT2D eigenvalue weighted by Crippen LogP contribution is -2.28. The molecule has 0 radical (unpaired) electrons. The number of fused-ring (bicyclic) bond motifs is 1. The van der Waals surface area contributed by atoms with Crippen molar-refractivity contribution in [2.24, 2.45) is 0 Å². The fourth-order valence-corrected chi connectivity index (χ4v) is 3.26. The summed E-state index contributed by atoms with van der Waals surface area (Å²) in [5.41, 5.74) is 2.78. The van der Waals surface area contributed by atoms with Crippen LogP contribution in [0.2, 0.25) is 0 Å². The van der Waals surface area contributed by atoms with Crippen LogP contribution >= 0.6 is 0 Å². The maximum Gasteiger partial charge on any atom is 0.255 e. The second-order valence-corrected chi connectivity index (χ2v) is 6.54. The molecule has 3 rings (SSSR count). The van der Waals surface area contributed by atoms with E-state index in [1.165, 1.54) is 0 Å². The van der Waals surface area contributed by atoms with E-state index in [4.69, 9.17) is 9.47 Å². The molecule has 0 saturated heterocycles. The number of nitrogens with one attached hydrogen (secondary N) is 1. The number of hydrogen-bond acceptors (Lipinski definition) is 3. The third-order valence-corrected chi connectivity index (χ3v) is 5.02. The highest BCUT2D eigenvalue weighted by atomic mass is 16.5. The molecule has 0 bridgehead atoms. The number of benzene rings is 2. The van der Waals surface area contributed by atoms with Crippen molar-refractivity contribution in [3.63, 3.8) is 0 Å². The van der Waals surface area contributed by atoms with E-state index in [2.05, 4.69) is 19.2 Å². The van der Waals surface area contributed by atoms with E-state index in [0.29, 0.717) is 11.5 Å². The standard InChI is InChI=1S/C21H25NO3/c1-5-19(15-9-11-16(24-4)12-10-15)22-21(23)18-8-6-7-17-13(2)14(3)25-20(17)18/h6-14,19H,5H2,1-4H3,(H,22,23)/t13-,14-,19-/m0/s1. The molecule has 132 valence electrons. The first-order valence-corrected chi connectivity index (χ1v) is 8.79. The number of hydrogen-bond donors (Lipinski definition) is 1. The van der Waals surface area contributed by atoms with Gasteiger partial charge in [0.15, 0.2) is 0 Å². The average Bonchev–Trinajstić information content (AvgIpc) is 2.94. The van der Waals surface area contributed by atoms with Crippen molar-refractivity contribution >= 4 is 5.91 Å². The molecule has 0 unspecified atom stereocenters. The van der Waals surface area contributed by atoms with Crippen LogP contribution in [0.3, 0.4) is 0 Å². The first-order chi connectivity index (χ1) is 12.0. The largest absolute Gasteiger partial charge is 0.497 e. The lowest BCUT2D eigenvalue weighted by Gasteiger charge is -2.19. The van der Waals surface area contributed by atoms with Crippen LogP contribution < -0.4 is 14.8 Å². The smallest absolute Gasteiger partial charge is 0.255 e. The van der Waals surface area contributed by atoms with Gasteiger partial charge in [-0.3, -0.25) is 4.79 Å². The van der Waals surface area contributed by atoms with Gasteiger partial charge in [-0.25, -0.2) is 0 Å². The molecule has 1 amide bonds. The molecule has 2 aromatic carbocycles. The molecule has 0 fully saturated rings. The summed E-state index contributed by atoms with van der Waals surface area (Å²) < 4.78 is 11.1. The molecular formula is C21H25NO3. The summed E-state index contributed by atoms with van der Waals surface area (Å²) in [4.78, 5) is 12.9. The molecule has 4 heteroatoms. The lowest BCUT2D eigenvalue weighted by atomic mass is 9.96. The molecule has 0 aliphatic carbocycles. The normalized spacial score (nSPS) is 19.7. The van der Waals surface area contributed by atoms with Crippen LogP contribution in [0.4, 0.5) is 0 Å². The fourth-order valence-electron chi connectivity index (χ4n) is 3.26. The summed E-state index contributed by atoms with van der Waals surface area (Å²) in [6, 6.07) is 13.6. The highest BCUT2D eigenvalue weighted by Crippen LogP contribution is 2.40. The molecule has 25 heavy (non-hydrogen) atoms. The Morgan fingerprint density at radius 3 is 2.56 bits per heavy atom. The molecule has 1 N–H and O–H groups in total. The van der Waals surface area contributed by atoms with E-state index in [1.807, 2.05) is 49.4 Å². The van der Waals surface area contributed by atoms with Crippen molar-refractivity contribution in [3.05, 3.63) is 59.2 Å². The van der Waals surface area contributed by atoms with Crippen molar-refractivity contribution in [1.82, 2.24) is 5.32 Å². The van der Waals surface area contributed by atoms with Crippen molar-refractivity contribution in [2.75, 3.05) is 7.11 Å². The van der Waals surface area contributed by atoms with Crippen LogP contribution in [0.15, 0.2) is 42.5 Å². The molecule has 3 atom stereocenters. The first kappa shape index (κ1) is 17.3. The van der Waals surface area contributed by atoms with Crippen LogP contribution in [-0.4, -0.2) is 19.1 Å². The van der Waals surface area contributed by atoms with Crippen LogP contribution in [0.1, 0.15) is 60.6 Å². The quantitative estimate of drug-likeness (QED) is 0.875. The third kappa shape index (κ3) is 3.34. The van der Waals surface area contributed by atoms with E-state index in [1.54, 1.807) is 7.11 Å². The van der Waals surface area contributed by atoms with Crippen molar-refractivity contribution in [1.29, 1.82) is 0 Å². The van der Waals surface area contributed by atoms with Crippen molar-refractivity contribution in [2.45, 2.75) is 45.3 Å². The Kier molecular flexibility index (Phi) is 4.98. The van der Waals surface area contributed by atoms with Crippen LogP contribution in [0.25, 0.3) is 0 Å². The Hall–Kier alpha value is -2.49. The van der Waals surface area contributed by atoms with E-state index in [-0.39, 0.29) is 18.1 Å². The third-order valence-electron chi connectivity index (χ3n) is 5.02. The van der Waals surface area contributed by atoms with E-state index < -0.39 is 0 Å². The van der Waals surface area contributed by atoms with Gasteiger partial charge in [0.25, 0.3) is 5.91 Å². The van der Waals surface area contributed by atoms with Crippen LogP contribution in [-0.2, 0) is 0 Å². The highest BCUT2D eigenvalue weighted by Gasteiger charge is 2.31. The number of methoxy groups -OCH3 is 1. The van der Waals surface area contributed by atoms with Gasteiger partial charge in [0.2, 0.25) is 0 Å². The Morgan fingerprint density at radius 1 is 1.20 bits per heavy atom. The second kappa shape index (κ2) is 7.18. The van der Waals surface area contributed by atoms with Gasteiger partial charge in [0.1, 0.15) is 17.6 Å². The van der Waals surface area contributed by atoms with Gasteiger partial charge in [-0.05, 0) is 37.1 Å². The molecule has 0 saturated carbocycles. The zero-order valence-corrected chi connectivity index (χ0v) is 15.2. The Balaban J connectivity index is 1.82. The molecule has 1 aliphatic heterocycles. The lowest BCUT2D eigenvalue weighted by molar-refractivity contribution is 0.0930. The van der Waals surface area contributed by atoms with E-state index >= 15 is 0 Å². The number of rotatable bonds is 5. The molecule has 2 aromatic rings. The number of ether oxygens (including phenoxy) is 2. The SMILES string of the molecule is CC[C@H](NC(=O)c1cccc2c1O[C@@H](C)[C@@H]2C)c1ccc(OC)cc1. The molecule has 0 aromatic heterocycles. The topological polar surface area (TPSA) is 47.6 Å². The minimum absolute atomic E-state index is 0.0505. The van der Waals surface area contributed by atoms with Gasteiger partial charge in [-0.15, -0.1) is 0 Å². The van der Waals surface area contributed by atoms with Gasteiger partial charge < -0.3 is 14.8 Å². The Bertz CT molecular complexity index is 754. The predicted molar refractivity (Wildman–Crippen MR) is 98.4 cm³/mol. The van der Waals surface area contributed by atoms with Crippen LogP contribution in [0, 0.1) is 0 Å². The number of carbonyl (C=O) groups is 1. The zero-order valence-electron chi connectivity index (χ0n) is 15.2. The molecular weight excluding hydrogens is 314 g/mol. The van der Waals surface area contributed by atoms with Crippen LogP contribution in [0.5, 0.6) is 11.5 Å².